The van der Waals surface area contributed by atoms with Crippen molar-refractivity contribution in [2.24, 2.45) is 0 Å². The lowest BCUT2D eigenvalue weighted by Gasteiger charge is -2.17. The lowest BCUT2D eigenvalue weighted by atomic mass is 10.1. The summed E-state index contributed by atoms with van der Waals surface area (Å²) in [6, 6.07) is 0. The van der Waals surface area contributed by atoms with Crippen LogP contribution in [0.25, 0.3) is 11.5 Å². The summed E-state index contributed by atoms with van der Waals surface area (Å²) in [5.41, 5.74) is 0.948. The van der Waals surface area contributed by atoms with Crippen molar-refractivity contribution in [1.82, 2.24) is 19.1 Å². The van der Waals surface area contributed by atoms with Crippen molar-refractivity contribution < 1.29 is 0 Å². The van der Waals surface area contributed by atoms with E-state index in [1.807, 2.05) is 9.13 Å². The second-order valence-corrected chi connectivity index (χ2v) is 6.80. The van der Waals surface area contributed by atoms with Gasteiger partial charge in [-0.1, -0.05) is 19.8 Å². The van der Waals surface area contributed by atoms with Crippen LogP contribution in [0.15, 0.2) is 4.79 Å². The molecule has 3 aliphatic heterocycles. The Kier molecular flexibility index (Phi) is 3.83. The fourth-order valence-corrected chi connectivity index (χ4v) is 3.94. The van der Waals surface area contributed by atoms with Gasteiger partial charge in [0.1, 0.15) is 17.3 Å². The summed E-state index contributed by atoms with van der Waals surface area (Å²) in [5.74, 6) is 3.08. The third-order valence-corrected chi connectivity index (χ3v) is 5.14. The summed E-state index contributed by atoms with van der Waals surface area (Å²) in [4.78, 5) is 22.6. The first kappa shape index (κ1) is 14.7. The number of nitrogens with zero attached hydrogens (tertiary/aromatic N) is 4. The number of nitrogens with one attached hydrogen (secondary N) is 1. The molecule has 0 bridgehead atoms. The van der Waals surface area contributed by atoms with Gasteiger partial charge in [-0.15, -0.1) is 0 Å². The summed E-state index contributed by atoms with van der Waals surface area (Å²) >= 11 is 0. The molecule has 0 aromatic heterocycles. The van der Waals surface area contributed by atoms with Crippen LogP contribution in [0, 0.1) is 0 Å². The molecule has 0 atom stereocenters. The molecule has 6 nitrogen and oxygen atoms in total. The second kappa shape index (κ2) is 5.98. The van der Waals surface area contributed by atoms with E-state index in [0.717, 1.165) is 55.5 Å². The summed E-state index contributed by atoms with van der Waals surface area (Å²) in [6.45, 7) is 4.48. The van der Waals surface area contributed by atoms with Crippen molar-refractivity contribution in [1.29, 1.82) is 0 Å². The highest BCUT2D eigenvalue weighted by Crippen LogP contribution is 2.36. The highest BCUT2D eigenvalue weighted by molar-refractivity contribution is 5.68. The Balaban J connectivity index is 1.92. The van der Waals surface area contributed by atoms with E-state index in [0.29, 0.717) is 12.5 Å². The normalized spacial score (nSPS) is 18.8. The van der Waals surface area contributed by atoms with E-state index in [4.69, 9.17) is 9.97 Å². The maximum absolute atomic E-state index is 12.9. The third kappa shape index (κ3) is 2.44. The summed E-state index contributed by atoms with van der Waals surface area (Å²) in [6.07, 6.45) is 7.92. The Morgan fingerprint density at radius 3 is 2.78 bits per heavy atom. The Bertz CT molecular complexity index is 726. The molecular formula is C17H25N5O. The van der Waals surface area contributed by atoms with Crippen molar-refractivity contribution in [3.05, 3.63) is 16.3 Å². The van der Waals surface area contributed by atoms with Crippen molar-refractivity contribution in [3.8, 4) is 11.5 Å². The van der Waals surface area contributed by atoms with Crippen LogP contribution >= 0.6 is 0 Å². The standard InChI is InChI=1S/C17H25N5O/c1-2-10-21-16-13(19-14(20-16)12-7-3-4-8-12)15-18-9-5-6-11-22(15)17(21)23/h12,18H,2-11H2,1H3. The fraction of sp³-hybridized carbons (Fsp3) is 0.706. The monoisotopic (exact) mass is 315 g/mol. The molecule has 1 fully saturated rings. The number of hydrogen-bond donors (Lipinski definition) is 1. The van der Waals surface area contributed by atoms with E-state index in [9.17, 15) is 4.79 Å². The average molecular weight is 315 g/mol. The van der Waals surface area contributed by atoms with E-state index in [1.165, 1.54) is 25.7 Å². The van der Waals surface area contributed by atoms with E-state index in [1.54, 1.807) is 0 Å². The molecule has 4 rings (SSSR count). The van der Waals surface area contributed by atoms with Crippen molar-refractivity contribution >= 4 is 5.82 Å². The topological polar surface area (TPSA) is 64.7 Å². The van der Waals surface area contributed by atoms with Gasteiger partial charge in [0.05, 0.1) is 0 Å². The van der Waals surface area contributed by atoms with Gasteiger partial charge in [-0.2, -0.15) is 0 Å². The smallest absolute Gasteiger partial charge is 0.331 e. The molecule has 0 amide bonds. The van der Waals surface area contributed by atoms with Crippen molar-refractivity contribution in [3.63, 3.8) is 0 Å². The molecule has 3 heterocycles. The average Bonchev–Trinajstić information content (AvgIpc) is 3.16. The highest BCUT2D eigenvalue weighted by atomic mass is 16.1. The fourth-order valence-electron chi connectivity index (χ4n) is 3.94. The van der Waals surface area contributed by atoms with Crippen molar-refractivity contribution in [2.45, 2.75) is 70.9 Å². The van der Waals surface area contributed by atoms with E-state index < -0.39 is 0 Å². The maximum atomic E-state index is 12.9. The van der Waals surface area contributed by atoms with Crippen LogP contribution in [0.3, 0.4) is 0 Å². The van der Waals surface area contributed by atoms with Gasteiger partial charge in [0, 0.05) is 25.6 Å². The molecule has 0 radical (unpaired) electrons. The van der Waals surface area contributed by atoms with Gasteiger partial charge in [-0.3, -0.25) is 9.13 Å². The van der Waals surface area contributed by atoms with E-state index in [2.05, 4.69) is 12.2 Å². The van der Waals surface area contributed by atoms with Crippen LogP contribution in [-0.2, 0) is 13.1 Å². The summed E-state index contributed by atoms with van der Waals surface area (Å²) < 4.78 is 3.70. The lowest BCUT2D eigenvalue weighted by molar-refractivity contribution is 0.553. The van der Waals surface area contributed by atoms with Gasteiger partial charge < -0.3 is 5.32 Å². The van der Waals surface area contributed by atoms with E-state index >= 15 is 0 Å². The minimum Gasteiger partial charge on any atom is -0.369 e. The predicted molar refractivity (Wildman–Crippen MR) is 90.1 cm³/mol. The Labute approximate surface area is 136 Å². The Morgan fingerprint density at radius 1 is 1.17 bits per heavy atom. The van der Waals surface area contributed by atoms with Gasteiger partial charge in [0.15, 0.2) is 5.82 Å². The minimum absolute atomic E-state index is 0.0571. The third-order valence-electron chi connectivity index (χ3n) is 5.14. The van der Waals surface area contributed by atoms with Gasteiger partial charge in [0.2, 0.25) is 0 Å². The van der Waals surface area contributed by atoms with Gasteiger partial charge >= 0.3 is 5.69 Å². The molecule has 124 valence electrons. The number of hydrogen-bond acceptors (Lipinski definition) is 4. The molecule has 0 aromatic carbocycles. The molecule has 4 aliphatic rings. The maximum Gasteiger partial charge on any atom is 0.331 e. The Hall–Kier alpha value is -1.85. The SMILES string of the molecule is CCCn1c2nc(C3CCCC3)nc-2c2n(c1=O)CCCCN2. The van der Waals surface area contributed by atoms with Crippen LogP contribution in [0.2, 0.25) is 0 Å². The number of rotatable bonds is 3. The molecule has 0 spiro atoms. The van der Waals surface area contributed by atoms with E-state index in [-0.39, 0.29) is 5.69 Å². The first-order valence-corrected chi connectivity index (χ1v) is 9.04. The molecule has 1 N–H and O–H groups in total. The first-order valence-electron chi connectivity index (χ1n) is 9.04. The van der Waals surface area contributed by atoms with Gasteiger partial charge in [-0.05, 0) is 32.1 Å². The molecule has 0 unspecified atom stereocenters. The highest BCUT2D eigenvalue weighted by Gasteiger charge is 2.29. The molecular weight excluding hydrogens is 290 g/mol. The summed E-state index contributed by atoms with van der Waals surface area (Å²) in [7, 11) is 0. The number of fused-ring (bicyclic) bond motifs is 3. The lowest BCUT2D eigenvalue weighted by Crippen LogP contribution is -2.34. The zero-order valence-electron chi connectivity index (χ0n) is 13.8. The molecule has 1 aliphatic carbocycles. The second-order valence-electron chi connectivity index (χ2n) is 6.80. The van der Waals surface area contributed by atoms with Gasteiger partial charge in [-0.25, -0.2) is 14.8 Å². The van der Waals surface area contributed by atoms with Crippen LogP contribution in [-0.4, -0.2) is 25.6 Å². The number of anilines is 1. The number of imidazole rings is 1. The quantitative estimate of drug-likeness (QED) is 0.946. The predicted octanol–water partition coefficient (Wildman–Crippen LogP) is 2.82. The van der Waals surface area contributed by atoms with Crippen molar-refractivity contribution in [2.75, 3.05) is 11.9 Å². The summed E-state index contributed by atoms with van der Waals surface area (Å²) in [5, 5.41) is 3.43. The zero-order chi connectivity index (χ0) is 15.8. The van der Waals surface area contributed by atoms with Gasteiger partial charge in [0.25, 0.3) is 0 Å². The van der Waals surface area contributed by atoms with Crippen LogP contribution in [0.5, 0.6) is 0 Å². The molecule has 23 heavy (non-hydrogen) atoms. The zero-order valence-corrected chi connectivity index (χ0v) is 13.8. The Morgan fingerprint density at radius 2 is 2.00 bits per heavy atom. The largest absolute Gasteiger partial charge is 0.369 e. The molecule has 6 heteroatoms. The molecule has 1 saturated carbocycles. The van der Waals surface area contributed by atoms with Crippen LogP contribution in [0.4, 0.5) is 5.82 Å². The molecule has 0 saturated heterocycles. The van der Waals surface area contributed by atoms with Crippen LogP contribution in [0.1, 0.15) is 63.6 Å². The molecule has 0 aromatic rings. The number of aromatic nitrogens is 4. The first-order chi connectivity index (χ1) is 11.3. The minimum atomic E-state index is 0.0571. The van der Waals surface area contributed by atoms with Crippen LogP contribution < -0.4 is 11.0 Å².